The van der Waals surface area contributed by atoms with Crippen molar-refractivity contribution in [2.24, 2.45) is 10.4 Å². The highest BCUT2D eigenvalue weighted by Crippen LogP contribution is 2.35. The zero-order valence-corrected chi connectivity index (χ0v) is 11.7. The summed E-state index contributed by atoms with van der Waals surface area (Å²) in [6, 6.07) is 0. The molecule has 0 radical (unpaired) electrons. The fourth-order valence-electron chi connectivity index (χ4n) is 2.32. The van der Waals surface area contributed by atoms with Crippen molar-refractivity contribution in [2.75, 3.05) is 0 Å². The van der Waals surface area contributed by atoms with Gasteiger partial charge in [0, 0.05) is 23.2 Å². The van der Waals surface area contributed by atoms with Gasteiger partial charge in [0.25, 0.3) is 0 Å². The van der Waals surface area contributed by atoms with Crippen LogP contribution in [-0.2, 0) is 4.79 Å². The molecular formula is C15H18N2O2. The Bertz CT molecular complexity index is 604. The molecule has 1 aliphatic rings. The zero-order chi connectivity index (χ0) is 14.2. The van der Waals surface area contributed by atoms with Gasteiger partial charge in [0.2, 0.25) is 0 Å². The van der Waals surface area contributed by atoms with Crippen LogP contribution in [-0.4, -0.2) is 23.3 Å². The van der Waals surface area contributed by atoms with Crippen molar-refractivity contribution in [2.45, 2.75) is 34.1 Å². The molecule has 0 spiro atoms. The molecular weight excluding hydrogens is 240 g/mol. The highest BCUT2D eigenvalue weighted by atomic mass is 16.1. The van der Waals surface area contributed by atoms with E-state index >= 15 is 0 Å². The summed E-state index contributed by atoms with van der Waals surface area (Å²) >= 11 is 0. The molecule has 0 atom stereocenters. The minimum absolute atomic E-state index is 0.212. The fraction of sp³-hybridized carbons (Fsp3) is 0.400. The Kier molecular flexibility index (Phi) is 3.27. The van der Waals surface area contributed by atoms with Gasteiger partial charge >= 0.3 is 0 Å². The number of nitrogens with zero attached hydrogens (tertiary/aromatic N) is 1. The minimum Gasteiger partial charge on any atom is -0.352 e. The first-order valence-corrected chi connectivity index (χ1v) is 6.28. The lowest BCUT2D eigenvalue weighted by Crippen LogP contribution is -2.20. The second-order valence-electron chi connectivity index (χ2n) is 5.63. The number of hydrogen-bond donors (Lipinski definition) is 1. The molecule has 1 aromatic rings. The third kappa shape index (κ3) is 2.30. The van der Waals surface area contributed by atoms with Gasteiger partial charge in [-0.2, -0.15) is 0 Å². The third-order valence-electron chi connectivity index (χ3n) is 3.76. The Hall–Kier alpha value is -1.97. The van der Waals surface area contributed by atoms with Gasteiger partial charge in [-0.25, -0.2) is 0 Å². The van der Waals surface area contributed by atoms with Gasteiger partial charge in [-0.1, -0.05) is 13.8 Å². The number of aliphatic imine (C=N–C) groups is 1. The average Bonchev–Trinajstić information content (AvgIpc) is 2.79. The molecule has 19 heavy (non-hydrogen) atoms. The molecule has 0 amide bonds. The first kappa shape index (κ1) is 13.5. The minimum atomic E-state index is -0.212. The number of H-pyrrole nitrogens is 1. The van der Waals surface area contributed by atoms with Crippen LogP contribution in [0.1, 0.15) is 47.6 Å². The SMILES string of the molecule is Cc1c(C=O)[nH]c(/C=C2/CC(C)(C)C(C=O)=N2)c1C. The molecule has 2 rings (SSSR count). The van der Waals surface area contributed by atoms with Gasteiger partial charge in [-0.05, 0) is 31.1 Å². The summed E-state index contributed by atoms with van der Waals surface area (Å²) in [4.78, 5) is 29.3. The van der Waals surface area contributed by atoms with Gasteiger partial charge in [0.15, 0.2) is 12.6 Å². The van der Waals surface area contributed by atoms with E-state index in [1.54, 1.807) is 0 Å². The van der Waals surface area contributed by atoms with Gasteiger partial charge in [0.05, 0.1) is 11.4 Å². The van der Waals surface area contributed by atoms with Crippen molar-refractivity contribution < 1.29 is 9.59 Å². The highest BCUT2D eigenvalue weighted by Gasteiger charge is 2.31. The van der Waals surface area contributed by atoms with Crippen LogP contribution in [0.5, 0.6) is 0 Å². The van der Waals surface area contributed by atoms with E-state index in [-0.39, 0.29) is 5.41 Å². The Balaban J connectivity index is 2.42. The molecule has 0 aliphatic carbocycles. The maximum atomic E-state index is 11.0. The first-order chi connectivity index (χ1) is 8.89. The molecule has 0 aromatic carbocycles. The van der Waals surface area contributed by atoms with E-state index in [4.69, 9.17) is 0 Å². The number of aromatic amines is 1. The average molecular weight is 258 g/mol. The summed E-state index contributed by atoms with van der Waals surface area (Å²) in [6.45, 7) is 7.89. The summed E-state index contributed by atoms with van der Waals surface area (Å²) in [5.74, 6) is 0. The molecule has 1 aromatic heterocycles. The number of hydrogen-bond acceptors (Lipinski definition) is 3. The molecule has 0 saturated heterocycles. The van der Waals surface area contributed by atoms with Gasteiger partial charge < -0.3 is 4.98 Å². The summed E-state index contributed by atoms with van der Waals surface area (Å²) in [5.41, 5.74) is 4.73. The van der Waals surface area contributed by atoms with E-state index in [0.29, 0.717) is 11.4 Å². The summed E-state index contributed by atoms with van der Waals surface area (Å²) in [6.07, 6.45) is 4.30. The topological polar surface area (TPSA) is 62.3 Å². The number of carbonyl (C=O) groups is 2. The second-order valence-corrected chi connectivity index (χ2v) is 5.63. The van der Waals surface area contributed by atoms with Crippen LogP contribution >= 0.6 is 0 Å². The molecule has 0 saturated carbocycles. The number of aldehydes is 2. The normalized spacial score (nSPS) is 19.6. The molecule has 100 valence electrons. The second kappa shape index (κ2) is 4.61. The van der Waals surface area contributed by atoms with E-state index in [1.165, 1.54) is 0 Å². The van der Waals surface area contributed by atoms with Crippen molar-refractivity contribution >= 4 is 24.4 Å². The van der Waals surface area contributed by atoms with Crippen molar-refractivity contribution in [1.29, 1.82) is 0 Å². The Labute approximate surface area is 112 Å². The molecule has 2 heterocycles. The molecule has 0 fully saturated rings. The van der Waals surface area contributed by atoms with Crippen LogP contribution in [0.15, 0.2) is 10.7 Å². The van der Waals surface area contributed by atoms with E-state index < -0.39 is 0 Å². The quantitative estimate of drug-likeness (QED) is 0.847. The van der Waals surface area contributed by atoms with Crippen molar-refractivity contribution in [1.82, 2.24) is 4.98 Å². The van der Waals surface area contributed by atoms with Gasteiger partial charge in [-0.15, -0.1) is 0 Å². The van der Waals surface area contributed by atoms with E-state index in [0.717, 1.165) is 41.5 Å². The van der Waals surface area contributed by atoms with Crippen LogP contribution in [0.2, 0.25) is 0 Å². The third-order valence-corrected chi connectivity index (χ3v) is 3.76. The molecule has 4 heteroatoms. The largest absolute Gasteiger partial charge is 0.352 e. The maximum Gasteiger partial charge on any atom is 0.166 e. The van der Waals surface area contributed by atoms with Crippen molar-refractivity contribution in [3.63, 3.8) is 0 Å². The number of carbonyl (C=O) groups excluding carboxylic acids is 2. The number of aromatic nitrogens is 1. The van der Waals surface area contributed by atoms with Crippen LogP contribution < -0.4 is 0 Å². The summed E-state index contributed by atoms with van der Waals surface area (Å²) in [7, 11) is 0. The van der Waals surface area contributed by atoms with Crippen molar-refractivity contribution in [3.8, 4) is 0 Å². The van der Waals surface area contributed by atoms with Crippen molar-refractivity contribution in [3.05, 3.63) is 28.2 Å². The van der Waals surface area contributed by atoms with Gasteiger partial charge in [-0.3, -0.25) is 14.6 Å². The standard InChI is InChI=1S/C15H18N2O2/c1-9-10(2)13(7-18)17-12(9)5-11-6-15(3,4)14(8-19)16-11/h5,7-8,17H,6H2,1-4H3/b11-5-. The Morgan fingerprint density at radius 2 is 1.74 bits per heavy atom. The predicted octanol–water partition coefficient (Wildman–Crippen LogP) is 2.85. The fourth-order valence-corrected chi connectivity index (χ4v) is 2.32. The van der Waals surface area contributed by atoms with E-state index in [9.17, 15) is 9.59 Å². The molecule has 1 aliphatic heterocycles. The number of nitrogens with one attached hydrogen (secondary N) is 1. The monoisotopic (exact) mass is 258 g/mol. The Morgan fingerprint density at radius 3 is 2.21 bits per heavy atom. The smallest absolute Gasteiger partial charge is 0.166 e. The first-order valence-electron chi connectivity index (χ1n) is 6.28. The molecule has 0 bridgehead atoms. The Morgan fingerprint density at radius 1 is 1.11 bits per heavy atom. The lowest BCUT2D eigenvalue weighted by molar-refractivity contribution is -0.103. The van der Waals surface area contributed by atoms with E-state index in [2.05, 4.69) is 9.98 Å². The predicted molar refractivity (Wildman–Crippen MR) is 75.5 cm³/mol. The molecule has 1 N–H and O–H groups in total. The zero-order valence-electron chi connectivity index (χ0n) is 11.7. The van der Waals surface area contributed by atoms with Crippen LogP contribution in [0.4, 0.5) is 0 Å². The number of allylic oxidation sites excluding steroid dienone is 1. The molecule has 0 unspecified atom stereocenters. The van der Waals surface area contributed by atoms with Crippen LogP contribution in [0.3, 0.4) is 0 Å². The maximum absolute atomic E-state index is 11.0. The summed E-state index contributed by atoms with van der Waals surface area (Å²) in [5, 5.41) is 0. The lowest BCUT2D eigenvalue weighted by atomic mass is 9.86. The van der Waals surface area contributed by atoms with Crippen LogP contribution in [0, 0.1) is 19.3 Å². The van der Waals surface area contributed by atoms with E-state index in [1.807, 2.05) is 33.8 Å². The van der Waals surface area contributed by atoms with Gasteiger partial charge in [0.1, 0.15) is 0 Å². The summed E-state index contributed by atoms with van der Waals surface area (Å²) < 4.78 is 0. The van der Waals surface area contributed by atoms with Crippen LogP contribution in [0.25, 0.3) is 6.08 Å². The number of rotatable bonds is 3. The lowest BCUT2D eigenvalue weighted by Gasteiger charge is -2.14. The highest BCUT2D eigenvalue weighted by molar-refractivity contribution is 6.31. The molecule has 4 nitrogen and oxygen atoms in total.